The number of carbonyl (C=O) groups excluding carboxylic acids is 1. The molecule has 138 valence electrons. The van der Waals surface area contributed by atoms with E-state index in [4.69, 9.17) is 11.6 Å². The van der Waals surface area contributed by atoms with Crippen LogP contribution in [0.2, 0.25) is 5.02 Å². The summed E-state index contributed by atoms with van der Waals surface area (Å²) >= 11 is 6.01. The number of aromatic nitrogens is 1. The first-order valence-corrected chi connectivity index (χ1v) is 9.36. The molecule has 0 saturated carbocycles. The van der Waals surface area contributed by atoms with Gasteiger partial charge in [0.05, 0.1) is 5.52 Å². The maximum Gasteiger partial charge on any atom is 0.242 e. The fourth-order valence-electron chi connectivity index (χ4n) is 3.52. The lowest BCUT2D eigenvalue weighted by Crippen LogP contribution is -2.49. The summed E-state index contributed by atoms with van der Waals surface area (Å²) in [6.45, 7) is 3.23. The second kappa shape index (κ2) is 7.45. The van der Waals surface area contributed by atoms with Gasteiger partial charge in [0.2, 0.25) is 5.91 Å². The highest BCUT2D eigenvalue weighted by Crippen LogP contribution is 2.18. The Labute approximate surface area is 162 Å². The van der Waals surface area contributed by atoms with Crippen molar-refractivity contribution >= 4 is 34.1 Å². The number of amides is 1. The van der Waals surface area contributed by atoms with Gasteiger partial charge in [-0.1, -0.05) is 29.8 Å². The monoisotopic (exact) mass is 381 g/mol. The average molecular weight is 382 g/mol. The number of anilines is 1. The van der Waals surface area contributed by atoms with Crippen LogP contribution < -0.4 is 10.3 Å². The minimum atomic E-state index is -0.0901. The molecule has 6 heteroatoms. The van der Waals surface area contributed by atoms with Crippen molar-refractivity contribution in [3.8, 4) is 0 Å². The van der Waals surface area contributed by atoms with Crippen molar-refractivity contribution in [3.05, 3.63) is 76.0 Å². The molecule has 1 amide bonds. The topological polar surface area (TPSA) is 45.6 Å². The summed E-state index contributed by atoms with van der Waals surface area (Å²) in [7, 11) is 0. The molecular weight excluding hydrogens is 362 g/mol. The quantitative estimate of drug-likeness (QED) is 0.700. The number of nitrogens with zero attached hydrogens (tertiary/aromatic N) is 3. The van der Waals surface area contributed by atoms with Gasteiger partial charge in [0, 0.05) is 54.5 Å². The number of halogens is 1. The number of pyridine rings is 1. The number of carbonyl (C=O) groups is 1. The molecule has 1 aromatic heterocycles. The zero-order valence-electron chi connectivity index (χ0n) is 14.8. The summed E-state index contributed by atoms with van der Waals surface area (Å²) < 4.78 is 1.82. The smallest absolute Gasteiger partial charge is 0.242 e. The van der Waals surface area contributed by atoms with E-state index >= 15 is 0 Å². The zero-order valence-corrected chi connectivity index (χ0v) is 15.6. The molecule has 5 nitrogen and oxygen atoms in total. The number of hydrogen-bond acceptors (Lipinski definition) is 3. The van der Waals surface area contributed by atoms with E-state index in [1.165, 1.54) is 11.8 Å². The number of fused-ring (bicyclic) bond motifs is 1. The number of para-hydroxylation sites is 1. The van der Waals surface area contributed by atoms with Crippen molar-refractivity contribution < 1.29 is 4.79 Å². The van der Waals surface area contributed by atoms with Crippen LogP contribution in [-0.2, 0) is 11.3 Å². The first-order valence-electron chi connectivity index (χ1n) is 8.98. The minimum Gasteiger partial charge on any atom is -0.368 e. The summed E-state index contributed by atoms with van der Waals surface area (Å²) in [5.74, 6) is 0.0580. The largest absolute Gasteiger partial charge is 0.368 e. The first-order chi connectivity index (χ1) is 13.1. The molecule has 2 heterocycles. The summed E-state index contributed by atoms with van der Waals surface area (Å²) in [6, 6.07) is 16.9. The normalized spacial score (nSPS) is 14.6. The molecule has 1 aliphatic rings. The van der Waals surface area contributed by atoms with Crippen LogP contribution in [0.4, 0.5) is 5.69 Å². The van der Waals surface area contributed by atoms with Crippen molar-refractivity contribution in [2.24, 2.45) is 0 Å². The number of piperazine rings is 1. The van der Waals surface area contributed by atoms with Crippen LogP contribution in [0.1, 0.15) is 0 Å². The van der Waals surface area contributed by atoms with E-state index in [0.29, 0.717) is 23.5 Å². The third-order valence-corrected chi connectivity index (χ3v) is 5.23. The van der Waals surface area contributed by atoms with Crippen LogP contribution in [0.3, 0.4) is 0 Å². The van der Waals surface area contributed by atoms with Crippen LogP contribution in [0.25, 0.3) is 10.9 Å². The maximum absolute atomic E-state index is 12.8. The molecule has 0 spiro atoms. The number of hydrogen-bond donors (Lipinski definition) is 0. The second-order valence-corrected chi connectivity index (χ2v) is 7.11. The molecular formula is C21H20ClN3O2. The van der Waals surface area contributed by atoms with Gasteiger partial charge in [-0.3, -0.25) is 9.59 Å². The van der Waals surface area contributed by atoms with Crippen LogP contribution in [-0.4, -0.2) is 41.6 Å². The van der Waals surface area contributed by atoms with Crippen molar-refractivity contribution in [2.75, 3.05) is 31.1 Å². The minimum absolute atomic E-state index is 0.0580. The molecule has 0 aliphatic carbocycles. The van der Waals surface area contributed by atoms with Gasteiger partial charge in [-0.25, -0.2) is 0 Å². The third-order valence-electron chi connectivity index (χ3n) is 5.00. The Morgan fingerprint density at radius 3 is 2.44 bits per heavy atom. The molecule has 0 atom stereocenters. The molecule has 0 unspecified atom stereocenters. The highest BCUT2D eigenvalue weighted by atomic mass is 35.5. The van der Waals surface area contributed by atoms with Gasteiger partial charge in [-0.15, -0.1) is 0 Å². The van der Waals surface area contributed by atoms with Gasteiger partial charge >= 0.3 is 0 Å². The Balaban J connectivity index is 1.47. The van der Waals surface area contributed by atoms with Crippen LogP contribution in [0.15, 0.2) is 65.6 Å². The highest BCUT2D eigenvalue weighted by Gasteiger charge is 2.21. The molecule has 2 aromatic carbocycles. The van der Waals surface area contributed by atoms with Gasteiger partial charge in [-0.2, -0.15) is 0 Å². The molecule has 1 saturated heterocycles. The molecule has 0 radical (unpaired) electrons. The highest BCUT2D eigenvalue weighted by molar-refractivity contribution is 6.31. The van der Waals surface area contributed by atoms with Gasteiger partial charge < -0.3 is 14.4 Å². The van der Waals surface area contributed by atoms with Gasteiger partial charge in [0.25, 0.3) is 0 Å². The van der Waals surface area contributed by atoms with Gasteiger partial charge in [-0.05, 0) is 30.3 Å². The van der Waals surface area contributed by atoms with E-state index in [1.54, 1.807) is 24.4 Å². The van der Waals surface area contributed by atoms with Crippen molar-refractivity contribution in [3.63, 3.8) is 0 Å². The fourth-order valence-corrected chi connectivity index (χ4v) is 3.69. The lowest BCUT2D eigenvalue weighted by atomic mass is 10.2. The number of rotatable bonds is 3. The zero-order chi connectivity index (χ0) is 18.8. The molecule has 0 bridgehead atoms. The van der Waals surface area contributed by atoms with Crippen molar-refractivity contribution in [1.29, 1.82) is 0 Å². The first kappa shape index (κ1) is 17.6. The summed E-state index contributed by atoms with van der Waals surface area (Å²) in [6.07, 6.45) is 1.68. The molecule has 1 aliphatic heterocycles. The predicted octanol–water partition coefficient (Wildman–Crippen LogP) is 3.00. The molecule has 1 fully saturated rings. The summed E-state index contributed by atoms with van der Waals surface area (Å²) in [4.78, 5) is 29.0. The van der Waals surface area contributed by atoms with E-state index in [1.807, 2.05) is 27.7 Å². The van der Waals surface area contributed by atoms with Crippen molar-refractivity contribution in [1.82, 2.24) is 9.47 Å². The van der Waals surface area contributed by atoms with Gasteiger partial charge in [0.1, 0.15) is 6.54 Å². The van der Waals surface area contributed by atoms with E-state index in [-0.39, 0.29) is 17.9 Å². The lowest BCUT2D eigenvalue weighted by Gasteiger charge is -2.36. The third kappa shape index (κ3) is 3.69. The van der Waals surface area contributed by atoms with E-state index in [2.05, 4.69) is 17.0 Å². The van der Waals surface area contributed by atoms with Crippen LogP contribution in [0, 0.1) is 0 Å². The Bertz CT molecular complexity index is 1020. The lowest BCUT2D eigenvalue weighted by molar-refractivity contribution is -0.132. The molecule has 3 aromatic rings. The van der Waals surface area contributed by atoms with E-state index in [9.17, 15) is 9.59 Å². The Morgan fingerprint density at radius 1 is 0.963 bits per heavy atom. The average Bonchev–Trinajstić information content (AvgIpc) is 2.71. The van der Waals surface area contributed by atoms with E-state index < -0.39 is 0 Å². The SMILES string of the molecule is O=C(Cn1ccc(=O)c2cc(Cl)ccc21)N1CCN(c2ccccc2)CC1. The standard InChI is InChI=1S/C21H20ClN3O2/c22-16-6-7-19-18(14-16)20(26)8-9-25(19)15-21(27)24-12-10-23(11-13-24)17-4-2-1-3-5-17/h1-9,14H,10-13,15H2. The van der Waals surface area contributed by atoms with Crippen molar-refractivity contribution in [2.45, 2.75) is 6.54 Å². The maximum atomic E-state index is 12.8. The fraction of sp³-hybridized carbons (Fsp3) is 0.238. The van der Waals surface area contributed by atoms with Crippen LogP contribution >= 0.6 is 11.6 Å². The summed E-state index contributed by atoms with van der Waals surface area (Å²) in [5.41, 5.74) is 1.82. The van der Waals surface area contributed by atoms with E-state index in [0.717, 1.165) is 18.6 Å². The van der Waals surface area contributed by atoms with Gasteiger partial charge in [0.15, 0.2) is 5.43 Å². The molecule has 4 rings (SSSR count). The Morgan fingerprint density at radius 2 is 1.70 bits per heavy atom. The number of benzene rings is 2. The predicted molar refractivity (Wildman–Crippen MR) is 108 cm³/mol. The summed E-state index contributed by atoms with van der Waals surface area (Å²) in [5, 5.41) is 1.05. The molecule has 0 N–H and O–H groups in total. The Kier molecular flexibility index (Phi) is 4.86. The Hall–Kier alpha value is -2.79. The van der Waals surface area contributed by atoms with Crippen LogP contribution in [0.5, 0.6) is 0 Å². The second-order valence-electron chi connectivity index (χ2n) is 6.67. The molecule has 27 heavy (non-hydrogen) atoms.